The summed E-state index contributed by atoms with van der Waals surface area (Å²) in [4.78, 5) is 12.1. The Bertz CT molecular complexity index is 640. The summed E-state index contributed by atoms with van der Waals surface area (Å²) in [6.45, 7) is 0. The van der Waals surface area contributed by atoms with Gasteiger partial charge in [-0.2, -0.15) is 0 Å². The fourth-order valence-corrected chi connectivity index (χ4v) is 2.21. The predicted molar refractivity (Wildman–Crippen MR) is 70.5 cm³/mol. The number of ether oxygens (including phenoxy) is 1. The van der Waals surface area contributed by atoms with Crippen LogP contribution in [0.15, 0.2) is 42.5 Å². The highest BCUT2D eigenvalue weighted by molar-refractivity contribution is 6.33. The molecule has 1 unspecified atom stereocenters. The highest BCUT2D eigenvalue weighted by Gasteiger charge is 2.28. The van der Waals surface area contributed by atoms with Crippen molar-refractivity contribution in [2.75, 3.05) is 0 Å². The Balaban J connectivity index is 2.00. The van der Waals surface area contributed by atoms with E-state index in [2.05, 4.69) is 0 Å². The summed E-state index contributed by atoms with van der Waals surface area (Å²) in [7, 11) is 5.47. The van der Waals surface area contributed by atoms with Crippen LogP contribution in [0.3, 0.4) is 0 Å². The standard InChI is InChI=1S/C15H10BFO2/c16-11-6-10-13(18)8-14(9-4-2-1-3-5-9)19-15(10)7-12(11)17/h1-7,14H,8H2. The minimum absolute atomic E-state index is 0.0335. The van der Waals surface area contributed by atoms with Gasteiger partial charge < -0.3 is 4.74 Å². The van der Waals surface area contributed by atoms with Crippen LogP contribution in [0.1, 0.15) is 28.4 Å². The van der Waals surface area contributed by atoms with Gasteiger partial charge in [0, 0.05) is 6.07 Å². The summed E-state index contributed by atoms with van der Waals surface area (Å²) in [5, 5.41) is 0. The van der Waals surface area contributed by atoms with Crippen LogP contribution in [-0.2, 0) is 0 Å². The average molecular weight is 252 g/mol. The fourth-order valence-electron chi connectivity index (χ4n) is 2.21. The molecule has 0 saturated heterocycles. The van der Waals surface area contributed by atoms with Crippen molar-refractivity contribution >= 4 is 19.1 Å². The molecule has 1 atom stereocenters. The number of hydrogen-bond donors (Lipinski definition) is 0. The van der Waals surface area contributed by atoms with Gasteiger partial charge in [0.25, 0.3) is 0 Å². The molecule has 0 bridgehead atoms. The van der Waals surface area contributed by atoms with Gasteiger partial charge >= 0.3 is 0 Å². The van der Waals surface area contributed by atoms with E-state index in [-0.39, 0.29) is 29.5 Å². The van der Waals surface area contributed by atoms with E-state index in [0.29, 0.717) is 5.56 Å². The molecule has 2 nitrogen and oxygen atoms in total. The molecule has 2 aromatic rings. The smallest absolute Gasteiger partial charge is 0.170 e. The van der Waals surface area contributed by atoms with Crippen LogP contribution >= 0.6 is 0 Å². The average Bonchev–Trinajstić information content (AvgIpc) is 2.42. The summed E-state index contributed by atoms with van der Waals surface area (Å²) in [5.41, 5.74) is 1.22. The minimum atomic E-state index is -0.569. The molecule has 92 valence electrons. The SMILES string of the molecule is [B]c1cc2c(cc1F)OC(c1ccccc1)CC2=O. The van der Waals surface area contributed by atoms with Gasteiger partial charge in [0.15, 0.2) is 5.78 Å². The number of hydrogen-bond acceptors (Lipinski definition) is 2. The van der Waals surface area contributed by atoms with Crippen molar-refractivity contribution in [2.24, 2.45) is 0 Å². The van der Waals surface area contributed by atoms with Crippen molar-refractivity contribution in [3.63, 3.8) is 0 Å². The van der Waals surface area contributed by atoms with E-state index in [1.165, 1.54) is 12.1 Å². The monoisotopic (exact) mass is 252 g/mol. The third-order valence-corrected chi connectivity index (χ3v) is 3.21. The summed E-state index contributed by atoms with van der Waals surface area (Å²) in [6.07, 6.45) is -0.133. The number of ketones is 1. The Morgan fingerprint density at radius 3 is 2.68 bits per heavy atom. The lowest BCUT2D eigenvalue weighted by Gasteiger charge is -2.26. The maximum Gasteiger partial charge on any atom is 0.170 e. The zero-order valence-corrected chi connectivity index (χ0v) is 10.1. The Labute approximate surface area is 111 Å². The Hall–Kier alpha value is -2.10. The van der Waals surface area contributed by atoms with E-state index < -0.39 is 5.82 Å². The minimum Gasteiger partial charge on any atom is -0.484 e. The Morgan fingerprint density at radius 1 is 1.21 bits per heavy atom. The normalized spacial score (nSPS) is 17.7. The van der Waals surface area contributed by atoms with Crippen molar-refractivity contribution in [1.82, 2.24) is 0 Å². The summed E-state index contributed by atoms with van der Waals surface area (Å²) < 4.78 is 19.2. The van der Waals surface area contributed by atoms with Gasteiger partial charge in [-0.3, -0.25) is 4.79 Å². The van der Waals surface area contributed by atoms with Crippen molar-refractivity contribution in [3.8, 4) is 5.75 Å². The molecule has 0 fully saturated rings. The fraction of sp³-hybridized carbons (Fsp3) is 0.133. The van der Waals surface area contributed by atoms with Gasteiger partial charge in [0.1, 0.15) is 25.5 Å². The van der Waals surface area contributed by atoms with Crippen LogP contribution in [0.5, 0.6) is 5.75 Å². The summed E-state index contributed by atoms with van der Waals surface area (Å²) in [5.74, 6) is -0.390. The quantitative estimate of drug-likeness (QED) is 0.728. The van der Waals surface area contributed by atoms with Gasteiger partial charge in [-0.05, 0) is 5.56 Å². The van der Waals surface area contributed by atoms with Gasteiger partial charge in [-0.25, -0.2) is 4.39 Å². The summed E-state index contributed by atoms with van der Waals surface area (Å²) >= 11 is 0. The number of Topliss-reactive ketones (excluding diaryl/α,β-unsaturated/α-hetero) is 1. The molecule has 0 spiro atoms. The molecule has 3 rings (SSSR count). The second kappa shape index (κ2) is 4.54. The first-order chi connectivity index (χ1) is 9.15. The molecule has 0 N–H and O–H groups in total. The largest absolute Gasteiger partial charge is 0.484 e. The lowest BCUT2D eigenvalue weighted by Crippen LogP contribution is -2.23. The number of halogens is 1. The zero-order valence-electron chi connectivity index (χ0n) is 10.1. The van der Waals surface area contributed by atoms with Crippen LogP contribution in [0.4, 0.5) is 4.39 Å². The molecule has 1 aliphatic heterocycles. The van der Waals surface area contributed by atoms with E-state index in [1.54, 1.807) is 0 Å². The number of carbonyl (C=O) groups excluding carboxylic acids is 1. The number of carbonyl (C=O) groups is 1. The molecule has 0 aromatic heterocycles. The van der Waals surface area contributed by atoms with Crippen LogP contribution in [0.25, 0.3) is 0 Å². The van der Waals surface area contributed by atoms with Crippen molar-refractivity contribution in [1.29, 1.82) is 0 Å². The highest BCUT2D eigenvalue weighted by atomic mass is 19.1. The van der Waals surface area contributed by atoms with E-state index in [9.17, 15) is 9.18 Å². The highest BCUT2D eigenvalue weighted by Crippen LogP contribution is 2.34. The maximum absolute atomic E-state index is 13.4. The number of benzene rings is 2. The third kappa shape index (κ3) is 2.14. The first-order valence-corrected chi connectivity index (χ1v) is 5.99. The van der Waals surface area contributed by atoms with Crippen LogP contribution < -0.4 is 10.2 Å². The molecule has 1 heterocycles. The first-order valence-electron chi connectivity index (χ1n) is 5.99. The van der Waals surface area contributed by atoms with Gasteiger partial charge in [0.2, 0.25) is 0 Å². The van der Waals surface area contributed by atoms with Crippen LogP contribution in [0, 0.1) is 5.82 Å². The molecule has 19 heavy (non-hydrogen) atoms. The van der Waals surface area contributed by atoms with E-state index in [0.717, 1.165) is 5.56 Å². The van der Waals surface area contributed by atoms with Crippen LogP contribution in [-0.4, -0.2) is 13.6 Å². The molecule has 2 aromatic carbocycles. The van der Waals surface area contributed by atoms with Crippen molar-refractivity contribution < 1.29 is 13.9 Å². The second-order valence-electron chi connectivity index (χ2n) is 4.51. The van der Waals surface area contributed by atoms with E-state index in [1.807, 2.05) is 30.3 Å². The van der Waals surface area contributed by atoms with Crippen molar-refractivity contribution in [2.45, 2.75) is 12.5 Å². The maximum atomic E-state index is 13.4. The van der Waals surface area contributed by atoms with Gasteiger partial charge in [-0.15, -0.1) is 0 Å². The predicted octanol–water partition coefficient (Wildman–Crippen LogP) is 2.33. The van der Waals surface area contributed by atoms with Crippen LogP contribution in [0.2, 0.25) is 0 Å². The molecule has 0 saturated carbocycles. The van der Waals surface area contributed by atoms with Gasteiger partial charge in [-0.1, -0.05) is 41.9 Å². The molecule has 1 aliphatic rings. The number of rotatable bonds is 1. The molecule has 0 amide bonds. The van der Waals surface area contributed by atoms with E-state index >= 15 is 0 Å². The van der Waals surface area contributed by atoms with Crippen molar-refractivity contribution in [3.05, 3.63) is 59.4 Å². The lowest BCUT2D eigenvalue weighted by atomic mass is 9.89. The molecule has 2 radical (unpaired) electrons. The first kappa shape index (κ1) is 12.0. The second-order valence-corrected chi connectivity index (χ2v) is 4.51. The Morgan fingerprint density at radius 2 is 1.95 bits per heavy atom. The summed E-state index contributed by atoms with van der Waals surface area (Å²) in [6, 6.07) is 11.9. The lowest BCUT2D eigenvalue weighted by molar-refractivity contribution is 0.0849. The van der Waals surface area contributed by atoms with E-state index in [4.69, 9.17) is 12.6 Å². The molecular weight excluding hydrogens is 242 g/mol. The van der Waals surface area contributed by atoms with Gasteiger partial charge in [0.05, 0.1) is 12.0 Å². The molecule has 0 aliphatic carbocycles. The Kier molecular flexibility index (Phi) is 2.86. The topological polar surface area (TPSA) is 26.3 Å². The molecular formula is C15H10BFO2. The third-order valence-electron chi connectivity index (χ3n) is 3.21. The molecule has 4 heteroatoms. The zero-order chi connectivity index (χ0) is 13.4. The number of fused-ring (bicyclic) bond motifs is 1.